The van der Waals surface area contributed by atoms with E-state index in [1.54, 1.807) is 0 Å². The molecule has 4 saturated carbocycles. The number of aliphatic hydroxyl groups is 2. The van der Waals surface area contributed by atoms with Gasteiger partial charge in [0.15, 0.2) is 0 Å². The van der Waals surface area contributed by atoms with E-state index in [1.165, 1.54) is 44.9 Å². The first-order valence-corrected chi connectivity index (χ1v) is 13.2. The number of nitrogens with zero attached hydrogens (tertiary/aromatic N) is 1. The predicted molar refractivity (Wildman–Crippen MR) is 125 cm³/mol. The molecule has 4 heteroatoms. The third-order valence-corrected chi connectivity index (χ3v) is 11.2. The minimum Gasteiger partial charge on any atom is -0.411 e. The van der Waals surface area contributed by atoms with E-state index < -0.39 is 0 Å². The first-order valence-electron chi connectivity index (χ1n) is 13.2. The number of rotatable bonds is 6. The van der Waals surface area contributed by atoms with Gasteiger partial charge in [-0.1, -0.05) is 32.9 Å². The van der Waals surface area contributed by atoms with Gasteiger partial charge in [-0.2, -0.15) is 0 Å². The maximum atomic E-state index is 10.3. The molecule has 0 radical (unpaired) electrons. The SMILES string of the molecule is CC(CO)CC/C(=N\O)C(C)C1CCC2C3CCC4CC(O)CCC4(C)C3CCC12C. The Morgan fingerprint density at radius 3 is 2.39 bits per heavy atom. The average Bonchev–Trinajstić information content (AvgIpc) is 3.11. The molecular formula is C27H47NO3. The number of fused-ring (bicyclic) bond motifs is 5. The Hall–Kier alpha value is -0.610. The van der Waals surface area contributed by atoms with Crippen LogP contribution in [0.5, 0.6) is 0 Å². The van der Waals surface area contributed by atoms with E-state index >= 15 is 0 Å². The number of aliphatic hydroxyl groups excluding tert-OH is 2. The Morgan fingerprint density at radius 1 is 0.968 bits per heavy atom. The summed E-state index contributed by atoms with van der Waals surface area (Å²) in [4.78, 5) is 0. The summed E-state index contributed by atoms with van der Waals surface area (Å²) in [6, 6.07) is 0. The molecule has 0 aliphatic heterocycles. The van der Waals surface area contributed by atoms with E-state index in [1.807, 2.05) is 0 Å². The van der Waals surface area contributed by atoms with Crippen LogP contribution in [0.1, 0.15) is 98.3 Å². The van der Waals surface area contributed by atoms with Crippen LogP contribution in [0.25, 0.3) is 0 Å². The molecule has 0 saturated heterocycles. The highest BCUT2D eigenvalue weighted by atomic mass is 16.4. The van der Waals surface area contributed by atoms with Gasteiger partial charge in [0.05, 0.1) is 11.8 Å². The second-order valence-electron chi connectivity index (χ2n) is 12.5. The highest BCUT2D eigenvalue weighted by Crippen LogP contribution is 2.68. The Bertz CT molecular complexity index is 665. The predicted octanol–water partition coefficient (Wildman–Crippen LogP) is 5.88. The molecule has 10 atom stereocenters. The summed E-state index contributed by atoms with van der Waals surface area (Å²) in [5, 5.41) is 33.2. The molecule has 31 heavy (non-hydrogen) atoms. The Kier molecular flexibility index (Phi) is 6.81. The Labute approximate surface area is 189 Å². The van der Waals surface area contributed by atoms with Crippen LogP contribution in [0.3, 0.4) is 0 Å². The van der Waals surface area contributed by atoms with Crippen LogP contribution in [-0.2, 0) is 0 Å². The van der Waals surface area contributed by atoms with E-state index in [4.69, 9.17) is 0 Å². The van der Waals surface area contributed by atoms with Gasteiger partial charge in [-0.25, -0.2) is 0 Å². The smallest absolute Gasteiger partial charge is 0.0602 e. The van der Waals surface area contributed by atoms with Crippen molar-refractivity contribution in [3.8, 4) is 0 Å². The standard InChI is InChI=1S/C27H47NO3/c1-17(16-29)5-10-25(28-31)18(2)22-8-9-23-21-7-6-19-15-20(30)11-13-26(19,3)24(21)12-14-27(22,23)4/h17-24,29-31H,5-16H2,1-4H3/b28-25+. The lowest BCUT2D eigenvalue weighted by atomic mass is 9.44. The molecule has 4 aliphatic rings. The molecule has 4 aliphatic carbocycles. The molecular weight excluding hydrogens is 386 g/mol. The number of hydrogen-bond acceptors (Lipinski definition) is 4. The maximum absolute atomic E-state index is 10.3. The van der Waals surface area contributed by atoms with Crippen molar-refractivity contribution in [2.24, 2.45) is 57.4 Å². The van der Waals surface area contributed by atoms with Crippen LogP contribution in [0, 0.1) is 52.3 Å². The molecule has 0 amide bonds. The zero-order chi connectivity index (χ0) is 22.4. The minimum absolute atomic E-state index is 0.0649. The molecule has 178 valence electrons. The number of oxime groups is 1. The molecule has 10 unspecified atom stereocenters. The normalized spacial score (nSPS) is 47.2. The van der Waals surface area contributed by atoms with E-state index in [9.17, 15) is 15.4 Å². The van der Waals surface area contributed by atoms with Gasteiger partial charge >= 0.3 is 0 Å². The molecule has 4 fully saturated rings. The third-order valence-electron chi connectivity index (χ3n) is 11.2. The first-order chi connectivity index (χ1) is 14.7. The second kappa shape index (κ2) is 8.97. The van der Waals surface area contributed by atoms with Crippen LogP contribution in [0.4, 0.5) is 0 Å². The van der Waals surface area contributed by atoms with Gasteiger partial charge in [-0.15, -0.1) is 0 Å². The van der Waals surface area contributed by atoms with Crippen LogP contribution < -0.4 is 0 Å². The average molecular weight is 434 g/mol. The second-order valence-corrected chi connectivity index (χ2v) is 12.5. The monoisotopic (exact) mass is 433 g/mol. The summed E-state index contributed by atoms with van der Waals surface area (Å²) < 4.78 is 0. The summed E-state index contributed by atoms with van der Waals surface area (Å²) in [7, 11) is 0. The minimum atomic E-state index is -0.0649. The first kappa shape index (κ1) is 23.5. The third kappa shape index (κ3) is 3.98. The van der Waals surface area contributed by atoms with Gasteiger partial charge in [0.2, 0.25) is 0 Å². The van der Waals surface area contributed by atoms with Gasteiger partial charge in [0.25, 0.3) is 0 Å². The molecule has 3 N–H and O–H groups in total. The zero-order valence-electron chi connectivity index (χ0n) is 20.4. The van der Waals surface area contributed by atoms with Crippen molar-refractivity contribution in [2.45, 2.75) is 104 Å². The van der Waals surface area contributed by atoms with Gasteiger partial charge in [0, 0.05) is 12.5 Å². The summed E-state index contributed by atoms with van der Waals surface area (Å²) in [5.41, 5.74) is 1.74. The highest BCUT2D eigenvalue weighted by molar-refractivity contribution is 5.86. The fourth-order valence-electron chi connectivity index (χ4n) is 9.18. The van der Waals surface area contributed by atoms with E-state index in [2.05, 4.69) is 32.9 Å². The molecule has 0 bridgehead atoms. The molecule has 0 heterocycles. The van der Waals surface area contributed by atoms with Crippen molar-refractivity contribution >= 4 is 5.71 Å². The molecule has 0 spiro atoms. The molecule has 4 rings (SSSR count). The van der Waals surface area contributed by atoms with Crippen LogP contribution in [0.2, 0.25) is 0 Å². The summed E-state index contributed by atoms with van der Waals surface area (Å²) >= 11 is 0. The summed E-state index contributed by atoms with van der Waals surface area (Å²) in [6.45, 7) is 9.69. The fraction of sp³-hybridized carbons (Fsp3) is 0.963. The lowest BCUT2D eigenvalue weighted by Crippen LogP contribution is -2.54. The van der Waals surface area contributed by atoms with E-state index in [0.717, 1.165) is 55.1 Å². The van der Waals surface area contributed by atoms with Crippen molar-refractivity contribution in [3.63, 3.8) is 0 Å². The van der Waals surface area contributed by atoms with Crippen LogP contribution in [-0.4, -0.2) is 33.8 Å². The van der Waals surface area contributed by atoms with Gasteiger partial charge in [0.1, 0.15) is 0 Å². The quantitative estimate of drug-likeness (QED) is 0.278. The zero-order valence-corrected chi connectivity index (χ0v) is 20.4. The largest absolute Gasteiger partial charge is 0.411 e. The Morgan fingerprint density at radius 2 is 1.68 bits per heavy atom. The molecule has 4 nitrogen and oxygen atoms in total. The van der Waals surface area contributed by atoms with Gasteiger partial charge in [-0.3, -0.25) is 0 Å². The topological polar surface area (TPSA) is 73.1 Å². The van der Waals surface area contributed by atoms with Crippen LogP contribution in [0.15, 0.2) is 5.16 Å². The lowest BCUT2D eigenvalue weighted by Gasteiger charge is -2.61. The van der Waals surface area contributed by atoms with E-state index in [0.29, 0.717) is 22.7 Å². The maximum Gasteiger partial charge on any atom is 0.0602 e. The van der Waals surface area contributed by atoms with Gasteiger partial charge in [-0.05, 0) is 117 Å². The van der Waals surface area contributed by atoms with Crippen molar-refractivity contribution in [1.82, 2.24) is 0 Å². The Balaban J connectivity index is 1.49. The van der Waals surface area contributed by atoms with Crippen molar-refractivity contribution < 1.29 is 15.4 Å². The van der Waals surface area contributed by atoms with Crippen molar-refractivity contribution in [3.05, 3.63) is 0 Å². The van der Waals surface area contributed by atoms with Crippen molar-refractivity contribution in [1.29, 1.82) is 0 Å². The number of hydrogen-bond donors (Lipinski definition) is 3. The highest BCUT2D eigenvalue weighted by Gasteiger charge is 2.60. The molecule has 0 aromatic heterocycles. The molecule has 0 aromatic rings. The lowest BCUT2D eigenvalue weighted by molar-refractivity contribution is -0.127. The molecule has 0 aromatic carbocycles. The van der Waals surface area contributed by atoms with Crippen LogP contribution >= 0.6 is 0 Å². The summed E-state index contributed by atoms with van der Waals surface area (Å²) in [5.74, 6) is 4.39. The van der Waals surface area contributed by atoms with Gasteiger partial charge < -0.3 is 15.4 Å². The van der Waals surface area contributed by atoms with Crippen molar-refractivity contribution in [2.75, 3.05) is 6.61 Å². The summed E-state index contributed by atoms with van der Waals surface area (Å²) in [6.07, 6.45) is 12.8. The van der Waals surface area contributed by atoms with E-state index in [-0.39, 0.29) is 18.6 Å². The fourth-order valence-corrected chi connectivity index (χ4v) is 9.18.